The van der Waals surface area contributed by atoms with E-state index in [1.807, 2.05) is 0 Å². The zero-order valence-electron chi connectivity index (χ0n) is 10.3. The van der Waals surface area contributed by atoms with Crippen LogP contribution in [0.15, 0.2) is 36.5 Å². The third-order valence-electron chi connectivity index (χ3n) is 2.94. The molecule has 2 aromatic rings. The van der Waals surface area contributed by atoms with E-state index in [1.165, 1.54) is 30.5 Å². The quantitative estimate of drug-likeness (QED) is 0.928. The molecule has 0 aliphatic rings. The van der Waals surface area contributed by atoms with Gasteiger partial charge in [-0.1, -0.05) is 17.7 Å². The molecule has 2 nitrogen and oxygen atoms in total. The van der Waals surface area contributed by atoms with Crippen LogP contribution in [0.4, 0.5) is 8.78 Å². The van der Waals surface area contributed by atoms with Crippen LogP contribution in [-0.4, -0.2) is 12.0 Å². The standard InChI is InChI=1S/C14H13ClF2N2/c1-18-13(14-12(17)6-3-7-19-14)8-9-10(15)4-2-5-11(9)16/h2-7,13,18H,8H2,1H3. The second-order valence-corrected chi connectivity index (χ2v) is 4.52. The first-order chi connectivity index (χ1) is 9.13. The highest BCUT2D eigenvalue weighted by molar-refractivity contribution is 6.31. The highest BCUT2D eigenvalue weighted by Crippen LogP contribution is 2.25. The molecule has 0 aliphatic heterocycles. The van der Waals surface area contributed by atoms with Gasteiger partial charge in [0.25, 0.3) is 0 Å². The fourth-order valence-corrected chi connectivity index (χ4v) is 2.16. The lowest BCUT2D eigenvalue weighted by Crippen LogP contribution is -2.22. The normalized spacial score (nSPS) is 12.4. The van der Waals surface area contributed by atoms with Gasteiger partial charge >= 0.3 is 0 Å². The summed E-state index contributed by atoms with van der Waals surface area (Å²) in [4.78, 5) is 4.00. The molecule has 1 N–H and O–H groups in total. The van der Waals surface area contributed by atoms with E-state index >= 15 is 0 Å². The fraction of sp³-hybridized carbons (Fsp3) is 0.214. The molecule has 0 radical (unpaired) electrons. The van der Waals surface area contributed by atoms with Crippen molar-refractivity contribution in [1.82, 2.24) is 10.3 Å². The number of nitrogens with one attached hydrogen (secondary N) is 1. The highest BCUT2D eigenvalue weighted by atomic mass is 35.5. The van der Waals surface area contributed by atoms with E-state index in [1.54, 1.807) is 13.1 Å². The third kappa shape index (κ3) is 3.08. The van der Waals surface area contributed by atoms with Gasteiger partial charge in [0.05, 0.1) is 11.7 Å². The molecule has 0 spiro atoms. The average Bonchev–Trinajstić information content (AvgIpc) is 2.40. The van der Waals surface area contributed by atoms with Crippen molar-refractivity contribution in [3.05, 3.63) is 64.4 Å². The van der Waals surface area contributed by atoms with Gasteiger partial charge in [0, 0.05) is 16.8 Å². The van der Waals surface area contributed by atoms with Crippen LogP contribution in [0.3, 0.4) is 0 Å². The molecular formula is C14H13ClF2N2. The number of halogens is 3. The van der Waals surface area contributed by atoms with Crippen LogP contribution in [0.25, 0.3) is 0 Å². The summed E-state index contributed by atoms with van der Waals surface area (Å²) < 4.78 is 27.4. The summed E-state index contributed by atoms with van der Waals surface area (Å²) >= 11 is 5.98. The van der Waals surface area contributed by atoms with Crippen LogP contribution in [0.1, 0.15) is 17.3 Å². The molecular weight excluding hydrogens is 270 g/mol. The Morgan fingerprint density at radius 3 is 2.58 bits per heavy atom. The largest absolute Gasteiger partial charge is 0.311 e. The summed E-state index contributed by atoms with van der Waals surface area (Å²) in [7, 11) is 1.67. The number of rotatable bonds is 4. The van der Waals surface area contributed by atoms with Crippen LogP contribution in [0.2, 0.25) is 5.02 Å². The van der Waals surface area contributed by atoms with E-state index in [2.05, 4.69) is 10.3 Å². The van der Waals surface area contributed by atoms with Gasteiger partial charge in [-0.2, -0.15) is 0 Å². The fourth-order valence-electron chi connectivity index (χ4n) is 1.92. The predicted octanol–water partition coefficient (Wildman–Crippen LogP) is 3.52. The van der Waals surface area contributed by atoms with E-state index < -0.39 is 17.7 Å². The number of nitrogens with zero attached hydrogens (tertiary/aromatic N) is 1. The summed E-state index contributed by atoms with van der Waals surface area (Å²) in [6.45, 7) is 0. The van der Waals surface area contributed by atoms with Crippen LogP contribution < -0.4 is 5.32 Å². The van der Waals surface area contributed by atoms with Gasteiger partial charge in [-0.3, -0.25) is 4.98 Å². The van der Waals surface area contributed by atoms with Gasteiger partial charge in [-0.25, -0.2) is 8.78 Å². The predicted molar refractivity (Wildman–Crippen MR) is 71.1 cm³/mol. The highest BCUT2D eigenvalue weighted by Gasteiger charge is 2.19. The second kappa shape index (κ2) is 6.08. The molecule has 0 amide bonds. The van der Waals surface area contributed by atoms with Gasteiger partial charge in [0.1, 0.15) is 11.6 Å². The van der Waals surface area contributed by atoms with Gasteiger partial charge in [0.15, 0.2) is 0 Å². The van der Waals surface area contributed by atoms with Crippen molar-refractivity contribution in [2.24, 2.45) is 0 Å². The van der Waals surface area contributed by atoms with Gasteiger partial charge in [-0.05, 0) is 37.7 Å². The monoisotopic (exact) mass is 282 g/mol. The Morgan fingerprint density at radius 2 is 1.95 bits per heavy atom. The van der Waals surface area contributed by atoms with Crippen LogP contribution in [-0.2, 0) is 6.42 Å². The van der Waals surface area contributed by atoms with Gasteiger partial charge in [0.2, 0.25) is 0 Å². The van der Waals surface area contributed by atoms with Crippen molar-refractivity contribution in [2.45, 2.75) is 12.5 Å². The minimum atomic E-state index is -0.435. The van der Waals surface area contributed by atoms with E-state index in [0.717, 1.165) is 0 Å². The minimum Gasteiger partial charge on any atom is -0.311 e. The Morgan fingerprint density at radius 1 is 1.21 bits per heavy atom. The van der Waals surface area contributed by atoms with E-state index in [9.17, 15) is 8.78 Å². The maximum Gasteiger partial charge on any atom is 0.146 e. The van der Waals surface area contributed by atoms with E-state index in [-0.39, 0.29) is 12.1 Å². The lowest BCUT2D eigenvalue weighted by atomic mass is 10.0. The molecule has 19 heavy (non-hydrogen) atoms. The Bertz CT molecular complexity index is 555. The van der Waals surface area contributed by atoms with Crippen molar-refractivity contribution < 1.29 is 8.78 Å². The van der Waals surface area contributed by atoms with Crippen molar-refractivity contribution in [2.75, 3.05) is 7.05 Å². The second-order valence-electron chi connectivity index (χ2n) is 4.12. The Balaban J connectivity index is 2.32. The number of pyridine rings is 1. The van der Waals surface area contributed by atoms with E-state index in [0.29, 0.717) is 10.6 Å². The molecule has 1 heterocycles. The third-order valence-corrected chi connectivity index (χ3v) is 3.29. The maximum absolute atomic E-state index is 13.7. The first-order valence-electron chi connectivity index (χ1n) is 5.84. The summed E-state index contributed by atoms with van der Waals surface area (Å²) in [6.07, 6.45) is 1.74. The molecule has 1 atom stereocenters. The van der Waals surface area contributed by atoms with Crippen molar-refractivity contribution in [1.29, 1.82) is 0 Å². The molecule has 100 valence electrons. The van der Waals surface area contributed by atoms with Crippen LogP contribution >= 0.6 is 11.6 Å². The molecule has 5 heteroatoms. The number of aromatic nitrogens is 1. The zero-order valence-corrected chi connectivity index (χ0v) is 11.1. The molecule has 0 saturated carbocycles. The van der Waals surface area contributed by atoms with Crippen molar-refractivity contribution in [3.8, 4) is 0 Å². The molecule has 1 unspecified atom stereocenters. The summed E-state index contributed by atoms with van der Waals surface area (Å²) in [5.41, 5.74) is 0.609. The molecule has 2 rings (SSSR count). The summed E-state index contributed by atoms with van der Waals surface area (Å²) in [5.74, 6) is -0.821. The Hall–Kier alpha value is -1.52. The lowest BCUT2D eigenvalue weighted by Gasteiger charge is -2.17. The molecule has 1 aromatic carbocycles. The Kier molecular flexibility index (Phi) is 4.45. The van der Waals surface area contributed by atoms with Crippen molar-refractivity contribution >= 4 is 11.6 Å². The molecule has 0 fully saturated rings. The number of benzene rings is 1. The lowest BCUT2D eigenvalue weighted by molar-refractivity contribution is 0.505. The van der Waals surface area contributed by atoms with Crippen LogP contribution in [0.5, 0.6) is 0 Å². The molecule has 1 aromatic heterocycles. The number of likely N-dealkylation sites (N-methyl/N-ethyl adjacent to an activating group) is 1. The molecule has 0 saturated heterocycles. The zero-order chi connectivity index (χ0) is 13.8. The topological polar surface area (TPSA) is 24.9 Å². The average molecular weight is 283 g/mol. The first-order valence-corrected chi connectivity index (χ1v) is 6.22. The maximum atomic E-state index is 13.7. The smallest absolute Gasteiger partial charge is 0.146 e. The number of hydrogen-bond acceptors (Lipinski definition) is 2. The molecule has 0 aliphatic carbocycles. The Labute approximate surface area is 115 Å². The summed E-state index contributed by atoms with van der Waals surface area (Å²) in [6, 6.07) is 6.90. The first kappa shape index (κ1) is 13.9. The molecule has 0 bridgehead atoms. The summed E-state index contributed by atoms with van der Waals surface area (Å²) in [5, 5.41) is 3.26. The van der Waals surface area contributed by atoms with Gasteiger partial charge in [-0.15, -0.1) is 0 Å². The van der Waals surface area contributed by atoms with Crippen molar-refractivity contribution in [3.63, 3.8) is 0 Å². The number of hydrogen-bond donors (Lipinski definition) is 1. The van der Waals surface area contributed by atoms with Gasteiger partial charge < -0.3 is 5.32 Å². The van der Waals surface area contributed by atoms with Crippen LogP contribution in [0, 0.1) is 11.6 Å². The van der Waals surface area contributed by atoms with E-state index in [4.69, 9.17) is 11.6 Å². The SMILES string of the molecule is CNC(Cc1c(F)cccc1Cl)c1ncccc1F. The minimum absolute atomic E-state index is 0.232.